The van der Waals surface area contributed by atoms with Crippen molar-refractivity contribution >= 4 is 11.6 Å². The van der Waals surface area contributed by atoms with Gasteiger partial charge in [0.1, 0.15) is 5.69 Å². The monoisotopic (exact) mass is 331 g/mol. The van der Waals surface area contributed by atoms with Crippen molar-refractivity contribution in [2.75, 3.05) is 6.61 Å². The van der Waals surface area contributed by atoms with Crippen LogP contribution in [0.15, 0.2) is 18.2 Å². The second-order valence-corrected chi connectivity index (χ2v) is 5.99. The highest BCUT2D eigenvalue weighted by atomic mass is 16.6. The molecule has 0 spiro atoms. The third-order valence-corrected chi connectivity index (χ3v) is 3.81. The molecule has 0 aromatic carbocycles. The molecule has 0 aliphatic heterocycles. The number of aryl methyl sites for hydroxylation is 2. The second-order valence-electron chi connectivity index (χ2n) is 5.99. The number of nitro groups is 1. The molecule has 2 heterocycles. The molecular weight excluding hydrogens is 310 g/mol. The number of Topliss-reactive ketones (excluding diaryl/α,β-unsaturated/α-hetero) is 1. The van der Waals surface area contributed by atoms with Gasteiger partial charge in [-0.15, -0.1) is 0 Å². The molecule has 0 fully saturated rings. The topological polar surface area (TPSA) is 87.3 Å². The van der Waals surface area contributed by atoms with Crippen LogP contribution in [0.2, 0.25) is 0 Å². The van der Waals surface area contributed by atoms with Gasteiger partial charge in [0.15, 0.2) is 6.61 Å². The Kier molecular flexibility index (Phi) is 5.02. The first-order valence-corrected chi connectivity index (χ1v) is 7.68. The van der Waals surface area contributed by atoms with Crippen LogP contribution in [0.4, 0.5) is 5.82 Å². The summed E-state index contributed by atoms with van der Waals surface area (Å²) in [5.74, 6) is -0.600. The largest absolute Gasteiger partial charge is 0.477 e. The summed E-state index contributed by atoms with van der Waals surface area (Å²) in [5, 5.41) is 11.0. The van der Waals surface area contributed by atoms with Crippen molar-refractivity contribution in [2.24, 2.45) is 0 Å². The summed E-state index contributed by atoms with van der Waals surface area (Å²) in [7, 11) is 0. The van der Waals surface area contributed by atoms with E-state index in [4.69, 9.17) is 4.74 Å². The summed E-state index contributed by atoms with van der Waals surface area (Å²) in [5.41, 5.74) is 2.95. The Morgan fingerprint density at radius 2 is 2.00 bits per heavy atom. The summed E-state index contributed by atoms with van der Waals surface area (Å²) in [6, 6.07) is 5.14. The smallest absolute Gasteiger partial charge is 0.406 e. The zero-order valence-corrected chi connectivity index (χ0v) is 14.5. The van der Waals surface area contributed by atoms with Crippen LogP contribution in [0, 0.1) is 30.9 Å². The van der Waals surface area contributed by atoms with Crippen molar-refractivity contribution in [1.29, 1.82) is 0 Å². The summed E-state index contributed by atoms with van der Waals surface area (Å²) in [6.45, 7) is 9.31. The first-order valence-electron chi connectivity index (χ1n) is 7.68. The molecule has 0 aliphatic rings. The van der Waals surface area contributed by atoms with Gasteiger partial charge in [0, 0.05) is 29.9 Å². The average Bonchev–Trinajstić information content (AvgIpc) is 2.80. The van der Waals surface area contributed by atoms with Gasteiger partial charge in [0.2, 0.25) is 11.5 Å². The first-order chi connectivity index (χ1) is 11.2. The minimum absolute atomic E-state index is 0.00313. The van der Waals surface area contributed by atoms with Crippen molar-refractivity contribution in [3.8, 4) is 5.75 Å². The average molecular weight is 331 g/mol. The fraction of sp³-hybridized carbons (Fsp3) is 0.412. The molecular formula is C17H21N3O4. The summed E-state index contributed by atoms with van der Waals surface area (Å²) >= 11 is 0. The number of carbonyl (C=O) groups excluding carboxylic acids is 1. The van der Waals surface area contributed by atoms with Crippen LogP contribution >= 0.6 is 0 Å². The third kappa shape index (κ3) is 3.45. The number of hydrogen-bond donors (Lipinski definition) is 0. The highest BCUT2D eigenvalue weighted by Gasteiger charge is 2.21. The predicted octanol–water partition coefficient (Wildman–Crippen LogP) is 3.56. The van der Waals surface area contributed by atoms with Gasteiger partial charge >= 0.3 is 5.82 Å². The number of nitrogens with zero attached hydrogens (tertiary/aromatic N) is 3. The molecule has 24 heavy (non-hydrogen) atoms. The summed E-state index contributed by atoms with van der Waals surface area (Å²) in [6.07, 6.45) is 0. The maximum Gasteiger partial charge on any atom is 0.406 e. The molecule has 0 bridgehead atoms. The molecule has 0 N–H and O–H groups in total. The van der Waals surface area contributed by atoms with Crippen LogP contribution in [0.3, 0.4) is 0 Å². The van der Waals surface area contributed by atoms with Gasteiger partial charge in [-0.2, -0.15) is 0 Å². The molecule has 7 heteroatoms. The molecule has 128 valence electrons. The Hall–Kier alpha value is -2.70. The lowest BCUT2D eigenvalue weighted by molar-refractivity contribution is -0.390. The van der Waals surface area contributed by atoms with Crippen LogP contribution in [-0.2, 0) is 0 Å². The van der Waals surface area contributed by atoms with Gasteiger partial charge in [-0.3, -0.25) is 4.79 Å². The van der Waals surface area contributed by atoms with Gasteiger partial charge in [0.05, 0.1) is 0 Å². The summed E-state index contributed by atoms with van der Waals surface area (Å²) in [4.78, 5) is 26.7. The Bertz CT molecular complexity index is 793. The standard InChI is InChI=1S/C17H21N3O4/c1-10(2)19-12(4)8-14(13(19)5)15(21)9-24-16-7-6-11(3)18-17(16)20(22)23/h6-8,10H,9H2,1-5H3. The van der Waals surface area contributed by atoms with E-state index in [1.807, 2.05) is 33.8 Å². The van der Waals surface area contributed by atoms with Crippen molar-refractivity contribution in [3.05, 3.63) is 51.0 Å². The number of aromatic nitrogens is 2. The number of pyridine rings is 1. The van der Waals surface area contributed by atoms with Gasteiger partial charge < -0.3 is 19.4 Å². The number of carbonyl (C=O) groups is 1. The van der Waals surface area contributed by atoms with Crippen LogP contribution < -0.4 is 4.74 Å². The molecule has 0 unspecified atom stereocenters. The molecule has 2 aromatic heterocycles. The molecule has 0 aliphatic carbocycles. The van der Waals surface area contributed by atoms with Crippen molar-refractivity contribution in [1.82, 2.24) is 9.55 Å². The van der Waals surface area contributed by atoms with E-state index in [0.29, 0.717) is 11.3 Å². The Labute approximate surface area is 140 Å². The normalized spacial score (nSPS) is 10.9. The summed E-state index contributed by atoms with van der Waals surface area (Å²) < 4.78 is 7.44. The van der Waals surface area contributed by atoms with Crippen LogP contribution in [0.1, 0.15) is 47.3 Å². The van der Waals surface area contributed by atoms with Gasteiger partial charge in [0.25, 0.3) is 0 Å². The van der Waals surface area contributed by atoms with Crippen molar-refractivity contribution < 1.29 is 14.5 Å². The molecule has 0 saturated carbocycles. The zero-order chi connectivity index (χ0) is 18.0. The minimum atomic E-state index is -0.614. The first kappa shape index (κ1) is 17.7. The highest BCUT2D eigenvalue weighted by molar-refractivity contribution is 5.98. The fourth-order valence-corrected chi connectivity index (χ4v) is 2.85. The molecule has 2 rings (SSSR count). The van der Waals surface area contributed by atoms with Crippen molar-refractivity contribution in [2.45, 2.75) is 40.7 Å². The van der Waals surface area contributed by atoms with Crippen LogP contribution in [-0.4, -0.2) is 26.9 Å². The molecule has 0 amide bonds. The van der Waals surface area contributed by atoms with Crippen LogP contribution in [0.25, 0.3) is 0 Å². The van der Waals surface area contributed by atoms with E-state index in [2.05, 4.69) is 9.55 Å². The SMILES string of the molecule is Cc1ccc(OCC(=O)c2cc(C)n(C(C)C)c2C)c([N+](=O)[O-])n1. The van der Waals surface area contributed by atoms with E-state index in [0.717, 1.165) is 11.4 Å². The van der Waals surface area contributed by atoms with E-state index in [9.17, 15) is 14.9 Å². The van der Waals surface area contributed by atoms with Gasteiger partial charge in [-0.05, 0) is 55.8 Å². The van der Waals surface area contributed by atoms with E-state index < -0.39 is 4.92 Å². The number of ketones is 1. The van der Waals surface area contributed by atoms with E-state index >= 15 is 0 Å². The molecule has 0 atom stereocenters. The van der Waals surface area contributed by atoms with Crippen molar-refractivity contribution in [3.63, 3.8) is 0 Å². The lowest BCUT2D eigenvalue weighted by Crippen LogP contribution is -2.14. The minimum Gasteiger partial charge on any atom is -0.477 e. The number of hydrogen-bond acceptors (Lipinski definition) is 5. The third-order valence-electron chi connectivity index (χ3n) is 3.81. The Balaban J connectivity index is 2.21. The number of ether oxygens (including phenoxy) is 1. The Morgan fingerprint density at radius 3 is 2.54 bits per heavy atom. The Morgan fingerprint density at radius 1 is 1.33 bits per heavy atom. The van der Waals surface area contributed by atoms with E-state index in [1.165, 1.54) is 6.07 Å². The van der Waals surface area contributed by atoms with E-state index in [1.54, 1.807) is 13.0 Å². The molecule has 0 radical (unpaired) electrons. The lowest BCUT2D eigenvalue weighted by Gasteiger charge is -2.13. The maximum absolute atomic E-state index is 12.4. The zero-order valence-electron chi connectivity index (χ0n) is 14.5. The second kappa shape index (κ2) is 6.82. The van der Waals surface area contributed by atoms with Gasteiger partial charge in [-0.1, -0.05) is 0 Å². The molecule has 2 aromatic rings. The highest BCUT2D eigenvalue weighted by Crippen LogP contribution is 2.25. The fourth-order valence-electron chi connectivity index (χ4n) is 2.85. The van der Waals surface area contributed by atoms with Gasteiger partial charge in [-0.25, -0.2) is 0 Å². The van der Waals surface area contributed by atoms with Crippen LogP contribution in [0.5, 0.6) is 5.75 Å². The number of rotatable bonds is 6. The predicted molar refractivity (Wildman–Crippen MR) is 89.7 cm³/mol. The van der Waals surface area contributed by atoms with E-state index in [-0.39, 0.29) is 30.0 Å². The molecule has 7 nitrogen and oxygen atoms in total. The lowest BCUT2D eigenvalue weighted by atomic mass is 10.1. The quantitative estimate of drug-likeness (QED) is 0.459. The maximum atomic E-state index is 12.4. The molecule has 0 saturated heterocycles.